The molecule has 2 rings (SSSR count). The largest absolute Gasteiger partial charge is 0.451 e. The molecule has 2 aliphatic rings. The van der Waals surface area contributed by atoms with Gasteiger partial charge in [0.25, 0.3) is 0 Å². The monoisotopic (exact) mass is 464 g/mol. The van der Waals surface area contributed by atoms with Crippen LogP contribution in [0.25, 0.3) is 0 Å². The van der Waals surface area contributed by atoms with Crippen molar-refractivity contribution >= 4 is 11.9 Å². The maximum absolute atomic E-state index is 12.1. The summed E-state index contributed by atoms with van der Waals surface area (Å²) in [6.45, 7) is 5.38. The van der Waals surface area contributed by atoms with Crippen molar-refractivity contribution in [3.05, 3.63) is 24.8 Å². The summed E-state index contributed by atoms with van der Waals surface area (Å²) in [4.78, 5) is 23.8. The number of aliphatic hydroxyl groups excluding tert-OH is 6. The van der Waals surface area contributed by atoms with E-state index in [1.165, 1.54) is 6.92 Å². The Balaban J connectivity index is 2.42. The first-order valence-electron chi connectivity index (χ1n) is 9.62. The average molecular weight is 464 g/mol. The summed E-state index contributed by atoms with van der Waals surface area (Å²) in [6.07, 6.45) is -12.4. The maximum atomic E-state index is 12.1. The van der Waals surface area contributed by atoms with E-state index in [2.05, 4.69) is 13.2 Å². The third-order valence-electron chi connectivity index (χ3n) is 5.02. The molecular formula is C19H28O13. The Hall–Kier alpha value is -1.94. The first-order chi connectivity index (χ1) is 15.0. The molecule has 2 fully saturated rings. The molecule has 0 aromatic carbocycles. The van der Waals surface area contributed by atoms with Crippen LogP contribution in [-0.4, -0.2) is 117 Å². The van der Waals surface area contributed by atoms with Crippen LogP contribution in [0.3, 0.4) is 0 Å². The molecule has 2 aliphatic heterocycles. The van der Waals surface area contributed by atoms with Crippen LogP contribution >= 0.6 is 0 Å². The van der Waals surface area contributed by atoms with Crippen LogP contribution in [0, 0.1) is 0 Å². The summed E-state index contributed by atoms with van der Waals surface area (Å²) in [5, 5.41) is 60.0. The molecule has 0 bridgehead atoms. The molecule has 0 radical (unpaired) electrons. The molecule has 13 heteroatoms. The predicted octanol–water partition coefficient (Wildman–Crippen LogP) is -3.53. The lowest BCUT2D eigenvalue weighted by atomic mass is 9.98. The van der Waals surface area contributed by atoms with Crippen molar-refractivity contribution in [3.8, 4) is 0 Å². The van der Waals surface area contributed by atoms with Gasteiger partial charge in [0.1, 0.15) is 37.1 Å². The molecule has 6 N–H and O–H groups in total. The van der Waals surface area contributed by atoms with Crippen LogP contribution in [0.4, 0.5) is 0 Å². The minimum atomic E-state index is -2.36. The predicted molar refractivity (Wildman–Crippen MR) is 101 cm³/mol. The van der Waals surface area contributed by atoms with Crippen LogP contribution < -0.4 is 0 Å². The molecule has 0 saturated carbocycles. The first-order valence-corrected chi connectivity index (χ1v) is 9.62. The second kappa shape index (κ2) is 10.8. The fourth-order valence-electron chi connectivity index (χ4n) is 3.28. The van der Waals surface area contributed by atoms with E-state index in [-0.39, 0.29) is 5.57 Å². The van der Waals surface area contributed by atoms with Crippen LogP contribution in [0.15, 0.2) is 24.8 Å². The summed E-state index contributed by atoms with van der Waals surface area (Å²) in [6, 6.07) is 0. The fraction of sp³-hybridized carbons (Fsp3) is 0.684. The number of carbonyl (C=O) groups excluding carboxylic acids is 2. The summed E-state index contributed by atoms with van der Waals surface area (Å²) in [5.41, 5.74) is -0.0536. The molecule has 13 nitrogen and oxygen atoms in total. The van der Waals surface area contributed by atoms with E-state index in [0.717, 1.165) is 6.08 Å². The molecule has 0 aromatic heterocycles. The Morgan fingerprint density at radius 2 is 1.66 bits per heavy atom. The van der Waals surface area contributed by atoms with E-state index < -0.39 is 86.6 Å². The molecule has 0 aliphatic carbocycles. The van der Waals surface area contributed by atoms with Gasteiger partial charge in [0.15, 0.2) is 12.2 Å². The van der Waals surface area contributed by atoms with E-state index in [1.807, 2.05) is 0 Å². The molecule has 9 atom stereocenters. The number of ether oxygens (including phenoxy) is 5. The van der Waals surface area contributed by atoms with Gasteiger partial charge in [0.2, 0.25) is 12.1 Å². The molecule has 0 unspecified atom stereocenters. The van der Waals surface area contributed by atoms with Crippen molar-refractivity contribution in [2.75, 3.05) is 19.8 Å². The quantitative estimate of drug-likeness (QED) is 0.145. The summed E-state index contributed by atoms with van der Waals surface area (Å²) in [5.74, 6) is -4.35. The number of hydrogen-bond donors (Lipinski definition) is 6. The van der Waals surface area contributed by atoms with Crippen molar-refractivity contribution in [1.82, 2.24) is 0 Å². The van der Waals surface area contributed by atoms with Gasteiger partial charge in [-0.15, -0.1) is 0 Å². The highest BCUT2D eigenvalue weighted by molar-refractivity contribution is 5.87. The standard InChI is InChI=1S/C19H28O13/c1-4-11(23)29-15-14(26)12(24)9(5-20)28-18(15)32-19(7-22)16(30-17(27)8(2)3)13(25)10(6-21)31-19/h4,9-10,12-16,18,20-22,24-26H,1-2,5-7H2,3H3/t9-,10-,12-,13-,14+,15-,16+,18-,19+/m1/s1. The zero-order chi connectivity index (χ0) is 24.2. The highest BCUT2D eigenvalue weighted by Crippen LogP contribution is 2.38. The van der Waals surface area contributed by atoms with Gasteiger partial charge in [-0.2, -0.15) is 0 Å². The second-order valence-corrected chi connectivity index (χ2v) is 7.34. The van der Waals surface area contributed by atoms with Crippen LogP contribution in [0.1, 0.15) is 6.92 Å². The number of hydrogen-bond acceptors (Lipinski definition) is 13. The van der Waals surface area contributed by atoms with Gasteiger partial charge in [-0.3, -0.25) is 0 Å². The Bertz CT molecular complexity index is 711. The Labute approximate surface area is 183 Å². The highest BCUT2D eigenvalue weighted by atomic mass is 16.8. The topological polar surface area (TPSA) is 202 Å². The SMILES string of the molecule is C=CC(=O)O[C@H]1[C@@H](O[C@]2(CO)O[C@H](CO)[C@@H](O)[C@@H]2OC(=O)C(=C)C)O[C@H](CO)[C@@H](O)[C@@H]1O. The van der Waals surface area contributed by atoms with Gasteiger partial charge in [-0.05, 0) is 6.92 Å². The number of aliphatic hydroxyl groups is 6. The molecule has 0 aromatic rings. The molecule has 182 valence electrons. The average Bonchev–Trinajstić information content (AvgIpc) is 3.04. The van der Waals surface area contributed by atoms with Crippen LogP contribution in [-0.2, 0) is 33.3 Å². The van der Waals surface area contributed by atoms with Gasteiger partial charge in [-0.25, -0.2) is 9.59 Å². The Morgan fingerprint density at radius 3 is 2.16 bits per heavy atom. The van der Waals surface area contributed by atoms with Gasteiger partial charge < -0.3 is 54.3 Å². The second-order valence-electron chi connectivity index (χ2n) is 7.34. The lowest BCUT2D eigenvalue weighted by Crippen LogP contribution is -2.64. The maximum Gasteiger partial charge on any atom is 0.333 e. The normalized spacial score (nSPS) is 39.3. The minimum Gasteiger partial charge on any atom is -0.451 e. The lowest BCUT2D eigenvalue weighted by molar-refractivity contribution is -0.383. The van der Waals surface area contributed by atoms with Crippen molar-refractivity contribution in [1.29, 1.82) is 0 Å². The van der Waals surface area contributed by atoms with Crippen LogP contribution in [0.5, 0.6) is 0 Å². The fourth-order valence-corrected chi connectivity index (χ4v) is 3.28. The number of esters is 2. The smallest absolute Gasteiger partial charge is 0.333 e. The molecular weight excluding hydrogens is 436 g/mol. The Morgan fingerprint density at radius 1 is 1.03 bits per heavy atom. The van der Waals surface area contributed by atoms with Gasteiger partial charge in [0.05, 0.1) is 13.2 Å². The van der Waals surface area contributed by atoms with E-state index in [9.17, 15) is 40.2 Å². The molecule has 0 amide bonds. The molecule has 0 spiro atoms. The molecule has 2 heterocycles. The van der Waals surface area contributed by atoms with E-state index in [4.69, 9.17) is 23.7 Å². The Kier molecular flexibility index (Phi) is 8.87. The lowest BCUT2D eigenvalue weighted by Gasteiger charge is -2.44. The zero-order valence-corrected chi connectivity index (χ0v) is 17.3. The first kappa shape index (κ1) is 26.3. The third kappa shape index (κ3) is 5.17. The van der Waals surface area contributed by atoms with Crippen molar-refractivity contribution < 1.29 is 63.9 Å². The molecule has 32 heavy (non-hydrogen) atoms. The summed E-state index contributed by atoms with van der Waals surface area (Å²) >= 11 is 0. The van der Waals surface area contributed by atoms with Crippen molar-refractivity contribution in [2.45, 2.75) is 61.7 Å². The van der Waals surface area contributed by atoms with E-state index in [1.54, 1.807) is 0 Å². The van der Waals surface area contributed by atoms with Gasteiger partial charge >= 0.3 is 11.9 Å². The minimum absolute atomic E-state index is 0.0536. The van der Waals surface area contributed by atoms with Crippen molar-refractivity contribution in [3.63, 3.8) is 0 Å². The van der Waals surface area contributed by atoms with Crippen LogP contribution in [0.2, 0.25) is 0 Å². The molecule has 2 saturated heterocycles. The number of rotatable bonds is 9. The van der Waals surface area contributed by atoms with E-state index in [0.29, 0.717) is 0 Å². The van der Waals surface area contributed by atoms with E-state index >= 15 is 0 Å². The third-order valence-corrected chi connectivity index (χ3v) is 5.02. The van der Waals surface area contributed by atoms with Crippen molar-refractivity contribution in [2.24, 2.45) is 0 Å². The summed E-state index contributed by atoms with van der Waals surface area (Å²) in [7, 11) is 0. The highest BCUT2D eigenvalue weighted by Gasteiger charge is 2.61. The summed E-state index contributed by atoms with van der Waals surface area (Å²) < 4.78 is 26.6. The van der Waals surface area contributed by atoms with Gasteiger partial charge in [-0.1, -0.05) is 13.2 Å². The van der Waals surface area contributed by atoms with Gasteiger partial charge in [0, 0.05) is 11.6 Å². The number of carbonyl (C=O) groups is 2. The zero-order valence-electron chi connectivity index (χ0n) is 17.3.